The van der Waals surface area contributed by atoms with E-state index in [0.717, 1.165) is 38.5 Å². The fraction of sp³-hybridized carbons (Fsp3) is 0.667. The molecule has 0 N–H and O–H groups in total. The van der Waals surface area contributed by atoms with Crippen LogP contribution in [-0.2, 0) is 14.8 Å². The molecule has 1 saturated carbocycles. The third kappa shape index (κ3) is 4.75. The van der Waals surface area contributed by atoms with Crippen molar-refractivity contribution in [1.82, 2.24) is 14.1 Å². The maximum Gasteiger partial charge on any atom is 0.243 e. The van der Waals surface area contributed by atoms with Gasteiger partial charge in [-0.25, -0.2) is 8.42 Å². The fourth-order valence-electron chi connectivity index (χ4n) is 4.33. The molecule has 1 unspecified atom stereocenters. The molecule has 0 spiro atoms. The van der Waals surface area contributed by atoms with E-state index in [1.54, 1.807) is 31.4 Å². The zero-order valence-corrected chi connectivity index (χ0v) is 17.9. The van der Waals surface area contributed by atoms with Gasteiger partial charge >= 0.3 is 0 Å². The molecule has 29 heavy (non-hydrogen) atoms. The number of ether oxygens (including phenoxy) is 1. The van der Waals surface area contributed by atoms with Crippen LogP contribution in [0.4, 0.5) is 0 Å². The molecule has 1 atom stereocenters. The highest BCUT2D eigenvalue weighted by Gasteiger charge is 2.36. The van der Waals surface area contributed by atoms with Crippen LogP contribution < -0.4 is 4.74 Å². The number of rotatable bonds is 6. The molecule has 1 aliphatic carbocycles. The number of methoxy groups -OCH3 is 1. The number of hydrogen-bond acceptors (Lipinski definition) is 5. The van der Waals surface area contributed by atoms with E-state index in [4.69, 9.17) is 4.74 Å². The van der Waals surface area contributed by atoms with Gasteiger partial charge in [0.2, 0.25) is 15.9 Å². The number of sulfonamides is 1. The standard InChI is InChI=1S/C21H31N3O4S/c1-28-19-6-8-20(9-7-19)29(26,27)24-10-2-3-18(16-24)21(25)23-13-11-22(12-14-23)15-17-4-5-17/h6-9,17-18H,2-5,10-16H2,1H3. The molecule has 1 aromatic carbocycles. The summed E-state index contributed by atoms with van der Waals surface area (Å²) in [5, 5.41) is 0. The highest BCUT2D eigenvalue weighted by molar-refractivity contribution is 7.89. The first-order valence-corrected chi connectivity index (χ1v) is 12.1. The minimum atomic E-state index is -3.60. The molecule has 2 saturated heterocycles. The Balaban J connectivity index is 1.36. The van der Waals surface area contributed by atoms with Crippen LogP contribution in [0.15, 0.2) is 29.2 Å². The van der Waals surface area contributed by atoms with Crippen molar-refractivity contribution in [2.75, 3.05) is 52.9 Å². The first kappa shape index (κ1) is 20.6. The Hall–Kier alpha value is -1.64. The first-order chi connectivity index (χ1) is 14.0. The summed E-state index contributed by atoms with van der Waals surface area (Å²) in [5.74, 6) is 1.36. The minimum Gasteiger partial charge on any atom is -0.497 e. The lowest BCUT2D eigenvalue weighted by molar-refractivity contribution is -0.138. The quantitative estimate of drug-likeness (QED) is 0.699. The summed E-state index contributed by atoms with van der Waals surface area (Å²) in [6.07, 6.45) is 4.17. The van der Waals surface area contributed by atoms with Gasteiger partial charge in [0.15, 0.2) is 0 Å². The summed E-state index contributed by atoms with van der Waals surface area (Å²) in [6.45, 7) is 5.29. The van der Waals surface area contributed by atoms with Crippen LogP contribution in [0.25, 0.3) is 0 Å². The van der Waals surface area contributed by atoms with Gasteiger partial charge in [-0.15, -0.1) is 0 Å². The fourth-order valence-corrected chi connectivity index (χ4v) is 5.86. The molecule has 1 amide bonds. The van der Waals surface area contributed by atoms with Gasteiger partial charge in [-0.2, -0.15) is 4.31 Å². The van der Waals surface area contributed by atoms with E-state index in [-0.39, 0.29) is 23.3 Å². The van der Waals surface area contributed by atoms with E-state index in [0.29, 0.717) is 18.7 Å². The molecule has 7 nitrogen and oxygen atoms in total. The van der Waals surface area contributed by atoms with Crippen LogP contribution in [0, 0.1) is 11.8 Å². The third-order valence-electron chi connectivity index (χ3n) is 6.33. The molecule has 3 fully saturated rings. The highest BCUT2D eigenvalue weighted by Crippen LogP contribution is 2.30. The lowest BCUT2D eigenvalue weighted by atomic mass is 9.97. The zero-order chi connectivity index (χ0) is 20.4. The molecule has 2 aliphatic heterocycles. The van der Waals surface area contributed by atoms with Crippen molar-refractivity contribution >= 4 is 15.9 Å². The second-order valence-electron chi connectivity index (χ2n) is 8.45. The molecule has 160 valence electrons. The Morgan fingerprint density at radius 1 is 1.03 bits per heavy atom. The Morgan fingerprint density at radius 2 is 1.72 bits per heavy atom. The van der Waals surface area contributed by atoms with Crippen molar-refractivity contribution in [2.45, 2.75) is 30.6 Å². The zero-order valence-electron chi connectivity index (χ0n) is 17.1. The average Bonchev–Trinajstić information content (AvgIpc) is 3.58. The Kier molecular flexibility index (Phi) is 6.13. The largest absolute Gasteiger partial charge is 0.497 e. The van der Waals surface area contributed by atoms with Crippen LogP contribution in [0.3, 0.4) is 0 Å². The van der Waals surface area contributed by atoms with Gasteiger partial charge in [0.05, 0.1) is 17.9 Å². The molecule has 0 aromatic heterocycles. The van der Waals surface area contributed by atoms with E-state index in [2.05, 4.69) is 4.90 Å². The Labute approximate surface area is 173 Å². The number of carbonyl (C=O) groups excluding carboxylic acids is 1. The predicted octanol–water partition coefficient (Wildman–Crippen LogP) is 1.65. The highest BCUT2D eigenvalue weighted by atomic mass is 32.2. The lowest BCUT2D eigenvalue weighted by Crippen LogP contribution is -2.53. The van der Waals surface area contributed by atoms with Crippen molar-refractivity contribution in [3.63, 3.8) is 0 Å². The Morgan fingerprint density at radius 3 is 2.34 bits per heavy atom. The normalized spacial score (nSPS) is 24.4. The summed E-state index contributed by atoms with van der Waals surface area (Å²) in [5.41, 5.74) is 0. The molecule has 8 heteroatoms. The summed E-state index contributed by atoms with van der Waals surface area (Å²) >= 11 is 0. The van der Waals surface area contributed by atoms with Crippen LogP contribution in [-0.4, -0.2) is 81.4 Å². The van der Waals surface area contributed by atoms with Crippen molar-refractivity contribution in [3.05, 3.63) is 24.3 Å². The number of benzene rings is 1. The van der Waals surface area contributed by atoms with Gasteiger partial charge in [-0.3, -0.25) is 9.69 Å². The summed E-state index contributed by atoms with van der Waals surface area (Å²) in [6, 6.07) is 6.44. The number of piperidine rings is 1. The second-order valence-corrected chi connectivity index (χ2v) is 10.4. The summed E-state index contributed by atoms with van der Waals surface area (Å²) in [4.78, 5) is 17.7. The minimum absolute atomic E-state index is 0.116. The molecular formula is C21H31N3O4S. The summed E-state index contributed by atoms with van der Waals surface area (Å²) in [7, 11) is -2.05. The molecule has 2 heterocycles. The SMILES string of the molecule is COc1ccc(S(=O)(=O)N2CCCC(C(=O)N3CCN(CC4CC4)CC3)C2)cc1. The molecular weight excluding hydrogens is 390 g/mol. The monoisotopic (exact) mass is 421 g/mol. The topological polar surface area (TPSA) is 70.2 Å². The number of piperazine rings is 1. The van der Waals surface area contributed by atoms with Crippen molar-refractivity contribution in [1.29, 1.82) is 0 Å². The van der Waals surface area contributed by atoms with Crippen LogP contribution >= 0.6 is 0 Å². The number of hydrogen-bond donors (Lipinski definition) is 0. The van der Waals surface area contributed by atoms with Gasteiger partial charge in [0.25, 0.3) is 0 Å². The van der Waals surface area contributed by atoms with Crippen molar-refractivity contribution < 1.29 is 17.9 Å². The van der Waals surface area contributed by atoms with Crippen molar-refractivity contribution in [2.24, 2.45) is 11.8 Å². The molecule has 0 bridgehead atoms. The number of carbonyl (C=O) groups is 1. The molecule has 1 aromatic rings. The van der Waals surface area contributed by atoms with E-state index in [1.165, 1.54) is 23.7 Å². The van der Waals surface area contributed by atoms with Crippen molar-refractivity contribution in [3.8, 4) is 5.75 Å². The van der Waals surface area contributed by atoms with Gasteiger partial charge in [0.1, 0.15) is 5.75 Å². The van der Waals surface area contributed by atoms with Gasteiger partial charge < -0.3 is 9.64 Å². The first-order valence-electron chi connectivity index (χ1n) is 10.6. The lowest BCUT2D eigenvalue weighted by Gasteiger charge is -2.38. The molecule has 0 radical (unpaired) electrons. The maximum atomic E-state index is 13.1. The average molecular weight is 422 g/mol. The molecule has 4 rings (SSSR count). The summed E-state index contributed by atoms with van der Waals surface area (Å²) < 4.78 is 32.7. The smallest absolute Gasteiger partial charge is 0.243 e. The second kappa shape index (κ2) is 8.62. The van der Waals surface area contributed by atoms with Gasteiger partial charge in [0, 0.05) is 45.8 Å². The third-order valence-corrected chi connectivity index (χ3v) is 8.21. The van der Waals surface area contributed by atoms with Gasteiger partial charge in [-0.05, 0) is 55.9 Å². The van der Waals surface area contributed by atoms with E-state index in [1.807, 2.05) is 4.90 Å². The van der Waals surface area contributed by atoms with Crippen LogP contribution in [0.1, 0.15) is 25.7 Å². The van der Waals surface area contributed by atoms with E-state index < -0.39 is 10.0 Å². The Bertz CT molecular complexity index is 815. The maximum absolute atomic E-state index is 13.1. The van der Waals surface area contributed by atoms with E-state index in [9.17, 15) is 13.2 Å². The van der Waals surface area contributed by atoms with E-state index >= 15 is 0 Å². The van der Waals surface area contributed by atoms with Crippen LogP contribution in [0.5, 0.6) is 5.75 Å². The van der Waals surface area contributed by atoms with Gasteiger partial charge in [-0.1, -0.05) is 0 Å². The number of amides is 1. The molecule has 3 aliphatic rings. The predicted molar refractivity (Wildman–Crippen MR) is 110 cm³/mol. The van der Waals surface area contributed by atoms with Crippen LogP contribution in [0.2, 0.25) is 0 Å². The number of nitrogens with zero attached hydrogens (tertiary/aromatic N) is 3.